The molecule has 2 aromatic carbocycles. The summed E-state index contributed by atoms with van der Waals surface area (Å²) in [5.41, 5.74) is 4.00. The maximum atomic E-state index is 12.3. The van der Waals surface area contributed by atoms with Crippen molar-refractivity contribution in [3.63, 3.8) is 0 Å². The minimum Gasteiger partial charge on any atom is -0.457 e. The Morgan fingerprint density at radius 2 is 1.88 bits per heavy atom. The molecule has 0 radical (unpaired) electrons. The zero-order valence-corrected chi connectivity index (χ0v) is 18.6. The summed E-state index contributed by atoms with van der Waals surface area (Å²) in [7, 11) is 0. The number of carbonyl (C=O) groups is 1. The van der Waals surface area contributed by atoms with Crippen molar-refractivity contribution in [2.75, 3.05) is 6.54 Å². The molecule has 4 aromatic rings. The molecule has 0 N–H and O–H groups in total. The molecular formula is C27H26N4O2. The van der Waals surface area contributed by atoms with E-state index in [4.69, 9.17) is 9.84 Å². The number of aromatic nitrogens is 3. The second kappa shape index (κ2) is 8.90. The molecular weight excluding hydrogens is 412 g/mol. The van der Waals surface area contributed by atoms with E-state index in [1.54, 1.807) is 0 Å². The number of hydrogen-bond acceptors (Lipinski definition) is 4. The number of rotatable bonds is 6. The summed E-state index contributed by atoms with van der Waals surface area (Å²) in [5, 5.41) is 6.00. The highest BCUT2D eigenvalue weighted by atomic mass is 16.5. The van der Waals surface area contributed by atoms with Crippen LogP contribution in [-0.2, 0) is 11.3 Å². The van der Waals surface area contributed by atoms with Crippen LogP contribution in [0, 0.1) is 6.92 Å². The van der Waals surface area contributed by atoms with E-state index in [1.165, 1.54) is 6.08 Å². The van der Waals surface area contributed by atoms with Gasteiger partial charge in [-0.3, -0.25) is 14.5 Å². The fraction of sp³-hybridized carbons (Fsp3) is 0.222. The third-order valence-corrected chi connectivity index (χ3v) is 6.16. The number of ether oxygens (including phenoxy) is 1. The fourth-order valence-corrected chi connectivity index (χ4v) is 4.58. The Kier molecular flexibility index (Phi) is 5.65. The summed E-state index contributed by atoms with van der Waals surface area (Å²) in [6.07, 6.45) is 7.10. The van der Waals surface area contributed by atoms with Crippen LogP contribution in [-0.4, -0.2) is 38.2 Å². The Labute approximate surface area is 193 Å². The Morgan fingerprint density at radius 3 is 2.64 bits per heavy atom. The van der Waals surface area contributed by atoms with Gasteiger partial charge in [0.05, 0.1) is 18.1 Å². The first-order valence-corrected chi connectivity index (χ1v) is 11.2. The minimum atomic E-state index is -0.0124. The van der Waals surface area contributed by atoms with Gasteiger partial charge in [-0.05, 0) is 67.8 Å². The van der Waals surface area contributed by atoms with E-state index in [0.29, 0.717) is 6.54 Å². The lowest BCUT2D eigenvalue weighted by Crippen LogP contribution is -2.37. The van der Waals surface area contributed by atoms with Crippen LogP contribution in [0.5, 0.6) is 11.5 Å². The van der Waals surface area contributed by atoms with Gasteiger partial charge in [0.15, 0.2) is 0 Å². The van der Waals surface area contributed by atoms with E-state index in [0.717, 1.165) is 58.6 Å². The zero-order chi connectivity index (χ0) is 22.8. The second-order valence-electron chi connectivity index (χ2n) is 8.35. The van der Waals surface area contributed by atoms with Crippen molar-refractivity contribution in [1.29, 1.82) is 0 Å². The largest absolute Gasteiger partial charge is 0.457 e. The number of hydrogen-bond donors (Lipinski definition) is 0. The van der Waals surface area contributed by atoms with Crippen LogP contribution < -0.4 is 4.74 Å². The third-order valence-electron chi connectivity index (χ3n) is 6.16. The average molecular weight is 439 g/mol. The fourth-order valence-electron chi connectivity index (χ4n) is 4.58. The van der Waals surface area contributed by atoms with E-state index in [1.807, 2.05) is 76.6 Å². The highest BCUT2D eigenvalue weighted by Gasteiger charge is 2.29. The maximum Gasteiger partial charge on any atom is 0.246 e. The van der Waals surface area contributed by atoms with Crippen molar-refractivity contribution in [3.8, 4) is 22.8 Å². The van der Waals surface area contributed by atoms with Gasteiger partial charge in [0.2, 0.25) is 5.91 Å². The number of para-hydroxylation sites is 1. The van der Waals surface area contributed by atoms with E-state index in [2.05, 4.69) is 18.5 Å². The molecule has 1 aliphatic heterocycles. The smallest absolute Gasteiger partial charge is 0.246 e. The van der Waals surface area contributed by atoms with Gasteiger partial charge in [0.1, 0.15) is 17.2 Å². The molecule has 0 saturated carbocycles. The van der Waals surface area contributed by atoms with Gasteiger partial charge in [-0.15, -0.1) is 0 Å². The summed E-state index contributed by atoms with van der Waals surface area (Å²) in [5.74, 6) is 1.56. The monoisotopic (exact) mass is 438 g/mol. The van der Waals surface area contributed by atoms with E-state index in [-0.39, 0.29) is 11.9 Å². The number of carbonyl (C=O) groups excluding carboxylic acids is 1. The van der Waals surface area contributed by atoms with E-state index < -0.39 is 0 Å². The first-order valence-electron chi connectivity index (χ1n) is 11.2. The third kappa shape index (κ3) is 4.12. The van der Waals surface area contributed by atoms with Crippen LogP contribution in [0.15, 0.2) is 79.6 Å². The molecule has 1 aliphatic rings. The molecule has 0 unspecified atom stereocenters. The van der Waals surface area contributed by atoms with E-state index in [9.17, 15) is 4.79 Å². The molecule has 0 bridgehead atoms. The average Bonchev–Trinajstić information content (AvgIpc) is 3.46. The number of likely N-dealkylation sites (tertiary alicyclic amines) is 1. The van der Waals surface area contributed by atoms with Crippen molar-refractivity contribution < 1.29 is 9.53 Å². The maximum absolute atomic E-state index is 12.3. The minimum absolute atomic E-state index is 0.0124. The Balaban J connectivity index is 1.47. The van der Waals surface area contributed by atoms with Gasteiger partial charge in [0.25, 0.3) is 0 Å². The van der Waals surface area contributed by atoms with Gasteiger partial charge >= 0.3 is 0 Å². The lowest BCUT2D eigenvalue weighted by molar-refractivity contribution is -0.127. The molecule has 3 heterocycles. The number of aryl methyl sites for hydroxylation is 1. The number of nitrogens with zero attached hydrogens (tertiary/aromatic N) is 4. The summed E-state index contributed by atoms with van der Waals surface area (Å²) in [6, 6.07) is 17.8. The number of amides is 1. The number of pyridine rings is 1. The predicted molar refractivity (Wildman–Crippen MR) is 129 cm³/mol. The number of fused-ring (bicyclic) bond motifs is 1. The Hall–Kier alpha value is -3.93. The SMILES string of the molecule is C=CC(=O)N1CCC[C@@H]1Cn1nc(-c2ccc(Oc3ccccc3)cc2)c2cncc(C)c21. The second-order valence-corrected chi connectivity index (χ2v) is 8.35. The highest BCUT2D eigenvalue weighted by Crippen LogP contribution is 2.32. The molecule has 166 valence electrons. The zero-order valence-electron chi connectivity index (χ0n) is 18.6. The normalized spacial score (nSPS) is 15.7. The van der Waals surface area contributed by atoms with Crippen molar-refractivity contribution in [2.45, 2.75) is 32.4 Å². The Bertz CT molecular complexity index is 1300. The molecule has 5 rings (SSSR count). The molecule has 1 atom stereocenters. The van der Waals surface area contributed by atoms with Crippen molar-refractivity contribution in [2.24, 2.45) is 0 Å². The number of benzene rings is 2. The molecule has 1 fully saturated rings. The van der Waals surface area contributed by atoms with Crippen LogP contribution in [0.2, 0.25) is 0 Å². The lowest BCUT2D eigenvalue weighted by Gasteiger charge is -2.23. The first-order chi connectivity index (χ1) is 16.1. The quantitative estimate of drug-likeness (QED) is 0.380. The van der Waals surface area contributed by atoms with E-state index >= 15 is 0 Å². The molecule has 6 nitrogen and oxygen atoms in total. The molecule has 0 aliphatic carbocycles. The molecule has 1 amide bonds. The summed E-state index contributed by atoms with van der Waals surface area (Å²) >= 11 is 0. The predicted octanol–water partition coefficient (Wildman–Crippen LogP) is 5.38. The van der Waals surface area contributed by atoms with Crippen LogP contribution in [0.3, 0.4) is 0 Å². The van der Waals surface area contributed by atoms with Gasteiger partial charge in [-0.25, -0.2) is 0 Å². The first kappa shape index (κ1) is 20.9. The van der Waals surface area contributed by atoms with Gasteiger partial charge < -0.3 is 9.64 Å². The van der Waals surface area contributed by atoms with Crippen molar-refractivity contribution in [3.05, 3.63) is 85.2 Å². The Morgan fingerprint density at radius 1 is 1.12 bits per heavy atom. The van der Waals surface area contributed by atoms with Gasteiger partial charge in [0, 0.05) is 29.9 Å². The van der Waals surface area contributed by atoms with Crippen LogP contribution in [0.25, 0.3) is 22.2 Å². The van der Waals surface area contributed by atoms with Gasteiger partial charge in [-0.2, -0.15) is 5.10 Å². The molecule has 1 saturated heterocycles. The lowest BCUT2D eigenvalue weighted by atomic mass is 10.1. The molecule has 33 heavy (non-hydrogen) atoms. The van der Waals surface area contributed by atoms with Crippen LogP contribution in [0.4, 0.5) is 0 Å². The summed E-state index contributed by atoms with van der Waals surface area (Å²) in [6.45, 7) is 7.12. The van der Waals surface area contributed by atoms with Crippen LogP contribution >= 0.6 is 0 Å². The summed E-state index contributed by atoms with van der Waals surface area (Å²) < 4.78 is 7.97. The summed E-state index contributed by atoms with van der Waals surface area (Å²) in [4.78, 5) is 18.6. The highest BCUT2D eigenvalue weighted by molar-refractivity contribution is 5.94. The van der Waals surface area contributed by atoms with Crippen molar-refractivity contribution >= 4 is 16.8 Å². The van der Waals surface area contributed by atoms with Gasteiger partial charge in [-0.1, -0.05) is 24.8 Å². The van der Waals surface area contributed by atoms with Crippen LogP contribution in [0.1, 0.15) is 18.4 Å². The molecule has 0 spiro atoms. The standard InChI is InChI=1S/C27H26N4O2/c1-3-25(32)30-15-7-8-21(30)18-31-27-19(2)16-28-17-24(27)26(29-31)20-11-13-23(14-12-20)33-22-9-5-4-6-10-22/h3-6,9-14,16-17,21H,1,7-8,15,18H2,2H3/t21-/m1/s1. The van der Waals surface area contributed by atoms with Crippen molar-refractivity contribution in [1.82, 2.24) is 19.7 Å². The topological polar surface area (TPSA) is 60.2 Å². The molecule has 6 heteroatoms. The molecule has 2 aromatic heterocycles.